The Morgan fingerprint density at radius 3 is 1.65 bits per heavy atom. The summed E-state index contributed by atoms with van der Waals surface area (Å²) in [5.74, 6) is -1.15. The Labute approximate surface area is 220 Å². The molecule has 7 nitrogen and oxygen atoms in total. The van der Waals surface area contributed by atoms with Gasteiger partial charge in [-0.3, -0.25) is 14.5 Å². The quantitative estimate of drug-likeness (QED) is 0.138. The summed E-state index contributed by atoms with van der Waals surface area (Å²) in [7, 11) is 0. The van der Waals surface area contributed by atoms with E-state index >= 15 is 0 Å². The molecular formula is C30H42O7. The maximum absolute atomic E-state index is 12.4. The second-order valence-electron chi connectivity index (χ2n) is 12.1. The van der Waals surface area contributed by atoms with Gasteiger partial charge in [0.05, 0.1) is 0 Å². The molecule has 0 saturated heterocycles. The zero-order valence-electron chi connectivity index (χ0n) is 23.5. The zero-order chi connectivity index (χ0) is 28.0. The summed E-state index contributed by atoms with van der Waals surface area (Å²) >= 11 is 0. The molecule has 2 aliphatic carbocycles. The molecule has 0 bridgehead atoms. The summed E-state index contributed by atoms with van der Waals surface area (Å²) in [6, 6.07) is 0. The van der Waals surface area contributed by atoms with Crippen LogP contribution in [0.25, 0.3) is 0 Å². The lowest BCUT2D eigenvalue weighted by atomic mass is 9.73. The number of hydrogen-bond donors (Lipinski definition) is 0. The van der Waals surface area contributed by atoms with Crippen molar-refractivity contribution < 1.29 is 33.7 Å². The van der Waals surface area contributed by atoms with E-state index in [1.807, 2.05) is 67.5 Å². The van der Waals surface area contributed by atoms with Crippen LogP contribution in [0, 0.1) is 34.5 Å². The Morgan fingerprint density at radius 2 is 1.22 bits per heavy atom. The molecule has 0 fully saturated rings. The van der Waals surface area contributed by atoms with E-state index in [9.17, 15) is 19.2 Å². The Morgan fingerprint density at radius 1 is 0.784 bits per heavy atom. The van der Waals surface area contributed by atoms with Gasteiger partial charge in [-0.05, 0) is 46.7 Å². The van der Waals surface area contributed by atoms with E-state index in [1.165, 1.54) is 12.2 Å². The Bertz CT molecular complexity index is 918. The molecule has 2 rings (SSSR count). The summed E-state index contributed by atoms with van der Waals surface area (Å²) in [4.78, 5) is 58.5. The highest BCUT2D eigenvalue weighted by Crippen LogP contribution is 2.37. The summed E-state index contributed by atoms with van der Waals surface area (Å²) in [6.45, 7) is 15.6. The smallest absolute Gasteiger partial charge is 0.365 e. The molecule has 0 aromatic carbocycles. The van der Waals surface area contributed by atoms with Crippen LogP contribution in [-0.4, -0.2) is 36.7 Å². The van der Waals surface area contributed by atoms with Crippen molar-refractivity contribution in [2.24, 2.45) is 34.5 Å². The predicted molar refractivity (Wildman–Crippen MR) is 141 cm³/mol. The predicted octanol–water partition coefficient (Wildman–Crippen LogP) is 5.51. The lowest BCUT2D eigenvalue weighted by molar-refractivity contribution is -0.270. The molecule has 2 aliphatic rings. The largest absolute Gasteiger partial charge is 0.460 e. The Balaban J connectivity index is 1.75. The van der Waals surface area contributed by atoms with Gasteiger partial charge in [0.25, 0.3) is 0 Å². The van der Waals surface area contributed by atoms with E-state index in [0.717, 1.165) is 11.1 Å². The summed E-state index contributed by atoms with van der Waals surface area (Å²) in [5.41, 5.74) is 1.06. The third-order valence-electron chi connectivity index (χ3n) is 6.57. The van der Waals surface area contributed by atoms with Crippen LogP contribution in [0.2, 0.25) is 0 Å². The average molecular weight is 515 g/mol. The zero-order valence-corrected chi connectivity index (χ0v) is 23.5. The fourth-order valence-electron chi connectivity index (χ4n) is 4.55. The number of ether oxygens (including phenoxy) is 1. The maximum Gasteiger partial charge on any atom is 0.365 e. The normalized spacial score (nSPS) is 25.3. The SMILES string of the molecule is CC1CC(C=CC(=O)OCCOOC(=O)C=CC2C=C(C(C)(C)C)C(=O)C(C)C2)C=C(C(C)(C)C)C1=O. The van der Waals surface area contributed by atoms with Crippen molar-refractivity contribution in [3.8, 4) is 0 Å². The highest BCUT2D eigenvalue weighted by atomic mass is 17.2. The van der Waals surface area contributed by atoms with Gasteiger partial charge in [-0.25, -0.2) is 9.59 Å². The van der Waals surface area contributed by atoms with Crippen molar-refractivity contribution in [1.82, 2.24) is 0 Å². The van der Waals surface area contributed by atoms with Gasteiger partial charge in [-0.2, -0.15) is 4.89 Å². The van der Waals surface area contributed by atoms with Crippen LogP contribution in [0.15, 0.2) is 47.6 Å². The molecule has 0 amide bonds. The third kappa shape index (κ3) is 9.22. The van der Waals surface area contributed by atoms with Crippen molar-refractivity contribution in [2.45, 2.75) is 68.2 Å². The van der Waals surface area contributed by atoms with Gasteiger partial charge in [-0.1, -0.05) is 79.7 Å². The third-order valence-corrected chi connectivity index (χ3v) is 6.57. The molecule has 4 atom stereocenters. The second kappa shape index (κ2) is 12.6. The number of hydrogen-bond acceptors (Lipinski definition) is 7. The number of esters is 1. The number of ketones is 2. The van der Waals surface area contributed by atoms with Crippen LogP contribution in [0.3, 0.4) is 0 Å². The summed E-state index contributed by atoms with van der Waals surface area (Å²) < 4.78 is 5.09. The minimum Gasteiger partial charge on any atom is -0.460 e. The number of carbonyl (C=O) groups excluding carboxylic acids is 4. The molecule has 0 aromatic heterocycles. The highest BCUT2D eigenvalue weighted by molar-refractivity contribution is 5.99. The lowest BCUT2D eigenvalue weighted by Gasteiger charge is -2.30. The van der Waals surface area contributed by atoms with E-state index in [-0.39, 0.29) is 59.3 Å². The van der Waals surface area contributed by atoms with Crippen molar-refractivity contribution in [3.63, 3.8) is 0 Å². The molecule has 204 valence electrons. The van der Waals surface area contributed by atoms with Crippen LogP contribution in [-0.2, 0) is 33.7 Å². The van der Waals surface area contributed by atoms with Gasteiger partial charge in [-0.15, -0.1) is 0 Å². The second-order valence-corrected chi connectivity index (χ2v) is 12.1. The van der Waals surface area contributed by atoms with E-state index in [1.54, 1.807) is 12.2 Å². The van der Waals surface area contributed by atoms with Gasteiger partial charge >= 0.3 is 11.9 Å². The number of Topliss-reactive ketones (excluding diaryl/α,β-unsaturated/α-hetero) is 2. The van der Waals surface area contributed by atoms with Gasteiger partial charge in [0, 0.05) is 24.0 Å². The van der Waals surface area contributed by atoms with Gasteiger partial charge < -0.3 is 4.74 Å². The van der Waals surface area contributed by atoms with Gasteiger partial charge in [0.2, 0.25) is 0 Å². The van der Waals surface area contributed by atoms with E-state index in [4.69, 9.17) is 14.5 Å². The standard InChI is InChI=1S/C30H42O7/c1-19-15-21(17-23(27(19)33)29(3,4)5)9-11-25(31)35-13-14-36-37-26(32)12-10-22-16-20(2)28(34)24(18-22)30(6,7)8/h9-12,17-22H,13-16H2,1-8H3. The summed E-state index contributed by atoms with van der Waals surface area (Å²) in [6.07, 6.45) is 11.3. The van der Waals surface area contributed by atoms with Crippen LogP contribution >= 0.6 is 0 Å². The molecule has 0 aromatic rings. The number of rotatable bonds is 8. The van der Waals surface area contributed by atoms with Crippen molar-refractivity contribution in [2.75, 3.05) is 13.2 Å². The van der Waals surface area contributed by atoms with Gasteiger partial charge in [0.15, 0.2) is 11.6 Å². The first-order chi connectivity index (χ1) is 17.1. The first-order valence-electron chi connectivity index (χ1n) is 13.0. The van der Waals surface area contributed by atoms with Crippen molar-refractivity contribution >= 4 is 23.5 Å². The Hall–Kier alpha value is -2.80. The Kier molecular flexibility index (Phi) is 10.4. The monoisotopic (exact) mass is 514 g/mol. The van der Waals surface area contributed by atoms with E-state index < -0.39 is 11.9 Å². The molecule has 37 heavy (non-hydrogen) atoms. The fourth-order valence-corrected chi connectivity index (χ4v) is 4.55. The molecule has 0 N–H and O–H groups in total. The number of carbonyl (C=O) groups is 4. The molecule has 0 aliphatic heterocycles. The first-order valence-corrected chi connectivity index (χ1v) is 13.0. The minimum atomic E-state index is -0.677. The highest BCUT2D eigenvalue weighted by Gasteiger charge is 2.33. The number of allylic oxidation sites excluding steroid dienone is 6. The van der Waals surface area contributed by atoms with Crippen molar-refractivity contribution in [1.29, 1.82) is 0 Å². The topological polar surface area (TPSA) is 96.0 Å². The van der Waals surface area contributed by atoms with Crippen LogP contribution in [0.4, 0.5) is 0 Å². The first kappa shape index (κ1) is 30.4. The van der Waals surface area contributed by atoms with Crippen molar-refractivity contribution in [3.05, 3.63) is 47.6 Å². The molecule has 4 unspecified atom stereocenters. The van der Waals surface area contributed by atoms with Gasteiger partial charge in [0.1, 0.15) is 13.2 Å². The molecular weight excluding hydrogens is 472 g/mol. The molecule has 0 radical (unpaired) electrons. The lowest BCUT2D eigenvalue weighted by Crippen LogP contribution is -2.29. The summed E-state index contributed by atoms with van der Waals surface area (Å²) in [5, 5.41) is 0. The minimum absolute atomic E-state index is 0.0157. The van der Waals surface area contributed by atoms with E-state index in [2.05, 4.69) is 0 Å². The average Bonchev–Trinajstić information content (AvgIpc) is 2.78. The van der Waals surface area contributed by atoms with Crippen LogP contribution < -0.4 is 0 Å². The fraction of sp³-hybridized carbons (Fsp3) is 0.600. The molecule has 0 spiro atoms. The van der Waals surface area contributed by atoms with Crippen LogP contribution in [0.5, 0.6) is 0 Å². The van der Waals surface area contributed by atoms with E-state index in [0.29, 0.717) is 12.8 Å². The molecule has 0 heterocycles. The molecule has 7 heteroatoms. The molecule has 0 saturated carbocycles. The maximum atomic E-state index is 12.4. The van der Waals surface area contributed by atoms with Crippen LogP contribution in [0.1, 0.15) is 68.2 Å².